The lowest BCUT2D eigenvalue weighted by Crippen LogP contribution is -2.37. The van der Waals surface area contributed by atoms with E-state index >= 15 is 0 Å². The van der Waals surface area contributed by atoms with E-state index in [1.807, 2.05) is 6.07 Å². The van der Waals surface area contributed by atoms with Crippen molar-refractivity contribution in [3.05, 3.63) is 34.3 Å². The number of unbranched alkanes of at least 4 members (excludes halogenated alkanes) is 3. The van der Waals surface area contributed by atoms with Gasteiger partial charge < -0.3 is 10.6 Å². The van der Waals surface area contributed by atoms with E-state index < -0.39 is 0 Å². The van der Waals surface area contributed by atoms with E-state index in [-0.39, 0.29) is 18.4 Å². The molecule has 0 aromatic heterocycles. The first-order valence-corrected chi connectivity index (χ1v) is 7.73. The number of amides is 2. The fourth-order valence-corrected chi connectivity index (χ4v) is 2.13. The molecule has 0 bridgehead atoms. The maximum atomic E-state index is 11.8. The van der Waals surface area contributed by atoms with Gasteiger partial charge in [0, 0.05) is 16.6 Å². The van der Waals surface area contributed by atoms with Gasteiger partial charge in [-0.05, 0) is 24.6 Å². The van der Waals surface area contributed by atoms with Crippen molar-refractivity contribution >= 4 is 27.7 Å². The lowest BCUT2D eigenvalue weighted by Gasteiger charge is -2.07. The van der Waals surface area contributed by atoms with E-state index in [0.717, 1.165) is 17.3 Å². The molecule has 110 valence electrons. The quantitative estimate of drug-likeness (QED) is 0.715. The molecule has 2 N–H and O–H groups in total. The number of hydrogen-bond acceptors (Lipinski definition) is 2. The van der Waals surface area contributed by atoms with Crippen molar-refractivity contribution < 1.29 is 9.59 Å². The number of halogens is 1. The van der Waals surface area contributed by atoms with E-state index in [1.54, 1.807) is 18.2 Å². The van der Waals surface area contributed by atoms with Crippen molar-refractivity contribution in [3.8, 4) is 0 Å². The van der Waals surface area contributed by atoms with Crippen molar-refractivity contribution in [2.24, 2.45) is 0 Å². The highest BCUT2D eigenvalue weighted by Gasteiger charge is 2.07. The lowest BCUT2D eigenvalue weighted by atomic mass is 10.2. The number of carbonyl (C=O) groups excluding carboxylic acids is 2. The van der Waals surface area contributed by atoms with Crippen LogP contribution in [0.1, 0.15) is 43.0 Å². The van der Waals surface area contributed by atoms with E-state index in [9.17, 15) is 9.59 Å². The third-order valence-corrected chi connectivity index (χ3v) is 3.34. The van der Waals surface area contributed by atoms with Crippen LogP contribution in [0.2, 0.25) is 0 Å². The van der Waals surface area contributed by atoms with Crippen LogP contribution in [0.5, 0.6) is 0 Å². The summed E-state index contributed by atoms with van der Waals surface area (Å²) in [5.74, 6) is -0.391. The fourth-order valence-electron chi connectivity index (χ4n) is 1.73. The van der Waals surface area contributed by atoms with Crippen LogP contribution in [0.15, 0.2) is 28.7 Å². The Hall–Kier alpha value is -1.36. The van der Waals surface area contributed by atoms with Crippen LogP contribution < -0.4 is 10.6 Å². The van der Waals surface area contributed by atoms with Gasteiger partial charge in [-0.2, -0.15) is 0 Å². The molecule has 0 atom stereocenters. The van der Waals surface area contributed by atoms with Gasteiger partial charge in [0.1, 0.15) is 0 Å². The molecule has 1 aromatic carbocycles. The molecular weight excluding hydrogens is 320 g/mol. The van der Waals surface area contributed by atoms with Gasteiger partial charge in [0.25, 0.3) is 5.91 Å². The van der Waals surface area contributed by atoms with Crippen molar-refractivity contribution in [3.63, 3.8) is 0 Å². The van der Waals surface area contributed by atoms with Crippen molar-refractivity contribution in [1.29, 1.82) is 0 Å². The summed E-state index contributed by atoms with van der Waals surface area (Å²) in [5.41, 5.74) is 0.537. The third kappa shape index (κ3) is 6.70. The molecule has 4 nitrogen and oxygen atoms in total. The van der Waals surface area contributed by atoms with Gasteiger partial charge in [0.15, 0.2) is 0 Å². The van der Waals surface area contributed by atoms with Gasteiger partial charge in [0.2, 0.25) is 5.91 Å². The number of nitrogens with one attached hydrogen (secondary N) is 2. The van der Waals surface area contributed by atoms with Gasteiger partial charge in [-0.1, -0.05) is 48.2 Å². The molecule has 1 rings (SSSR count). The molecule has 0 fully saturated rings. The first-order chi connectivity index (χ1) is 9.63. The maximum absolute atomic E-state index is 11.8. The first kappa shape index (κ1) is 16.7. The molecule has 0 aliphatic carbocycles. The summed E-state index contributed by atoms with van der Waals surface area (Å²) in [6.45, 7) is 2.83. The lowest BCUT2D eigenvalue weighted by molar-refractivity contribution is -0.120. The predicted molar refractivity (Wildman–Crippen MR) is 83.6 cm³/mol. The van der Waals surface area contributed by atoms with E-state index in [4.69, 9.17) is 0 Å². The van der Waals surface area contributed by atoms with Crippen molar-refractivity contribution in [1.82, 2.24) is 10.6 Å². The Labute approximate surface area is 128 Å². The molecule has 0 heterocycles. The molecule has 0 aliphatic heterocycles. The van der Waals surface area contributed by atoms with Gasteiger partial charge >= 0.3 is 0 Å². The summed E-state index contributed by atoms with van der Waals surface area (Å²) in [4.78, 5) is 23.3. The van der Waals surface area contributed by atoms with Crippen LogP contribution in [-0.4, -0.2) is 24.9 Å². The standard InChI is InChI=1S/C15H21BrN2O2/c1-2-3-4-5-9-17-14(19)11-18-15(20)12-7-6-8-13(16)10-12/h6-8,10H,2-5,9,11H2,1H3,(H,17,19)(H,18,20). The van der Waals surface area contributed by atoms with Crippen LogP contribution in [0.3, 0.4) is 0 Å². The Balaban J connectivity index is 2.22. The summed E-state index contributed by atoms with van der Waals surface area (Å²) in [5, 5.41) is 5.40. The largest absolute Gasteiger partial charge is 0.355 e. The summed E-state index contributed by atoms with van der Waals surface area (Å²) >= 11 is 3.31. The van der Waals surface area contributed by atoms with Crippen molar-refractivity contribution in [2.45, 2.75) is 32.6 Å². The smallest absolute Gasteiger partial charge is 0.251 e. The highest BCUT2D eigenvalue weighted by Crippen LogP contribution is 2.11. The first-order valence-electron chi connectivity index (χ1n) is 6.94. The molecule has 20 heavy (non-hydrogen) atoms. The zero-order chi connectivity index (χ0) is 14.8. The number of carbonyl (C=O) groups is 2. The fraction of sp³-hybridized carbons (Fsp3) is 0.467. The molecule has 0 aliphatic rings. The molecule has 5 heteroatoms. The number of rotatable bonds is 8. The monoisotopic (exact) mass is 340 g/mol. The summed E-state index contributed by atoms with van der Waals surface area (Å²) in [7, 11) is 0. The maximum Gasteiger partial charge on any atom is 0.251 e. The highest BCUT2D eigenvalue weighted by molar-refractivity contribution is 9.10. The summed E-state index contributed by atoms with van der Waals surface area (Å²) in [6.07, 6.45) is 4.48. The second-order valence-corrected chi connectivity index (χ2v) is 5.52. The summed E-state index contributed by atoms with van der Waals surface area (Å²) in [6, 6.07) is 7.06. The number of benzene rings is 1. The van der Waals surface area contributed by atoms with Crippen LogP contribution in [-0.2, 0) is 4.79 Å². The molecule has 0 unspecified atom stereocenters. The Morgan fingerprint density at radius 3 is 2.65 bits per heavy atom. The molecule has 2 amide bonds. The van der Waals surface area contributed by atoms with E-state index in [2.05, 4.69) is 33.5 Å². The SMILES string of the molecule is CCCCCCNC(=O)CNC(=O)c1cccc(Br)c1. The van der Waals surface area contributed by atoms with Gasteiger partial charge in [0.05, 0.1) is 6.54 Å². The zero-order valence-corrected chi connectivity index (χ0v) is 13.3. The molecular formula is C15H21BrN2O2. The zero-order valence-electron chi connectivity index (χ0n) is 11.7. The average Bonchev–Trinajstić information content (AvgIpc) is 2.44. The second kappa shape index (κ2) is 9.53. The van der Waals surface area contributed by atoms with E-state index in [1.165, 1.54) is 12.8 Å². The minimum atomic E-state index is -0.243. The van der Waals surface area contributed by atoms with E-state index in [0.29, 0.717) is 12.1 Å². The van der Waals surface area contributed by atoms with Gasteiger partial charge in [-0.25, -0.2) is 0 Å². The summed E-state index contributed by atoms with van der Waals surface area (Å²) < 4.78 is 0.838. The molecule has 0 saturated carbocycles. The Bertz CT molecular complexity index is 449. The third-order valence-electron chi connectivity index (χ3n) is 2.85. The Kier molecular flexibility index (Phi) is 7.95. The Morgan fingerprint density at radius 1 is 1.15 bits per heavy atom. The minimum Gasteiger partial charge on any atom is -0.355 e. The predicted octanol–water partition coefficient (Wildman–Crippen LogP) is 2.88. The number of hydrogen-bond donors (Lipinski definition) is 2. The minimum absolute atomic E-state index is 0.0130. The van der Waals surface area contributed by atoms with Gasteiger partial charge in [-0.15, -0.1) is 0 Å². The van der Waals surface area contributed by atoms with Crippen molar-refractivity contribution in [2.75, 3.05) is 13.1 Å². The normalized spacial score (nSPS) is 10.1. The van der Waals surface area contributed by atoms with Crippen LogP contribution >= 0.6 is 15.9 Å². The second-order valence-electron chi connectivity index (χ2n) is 4.60. The molecule has 0 saturated heterocycles. The molecule has 1 aromatic rings. The van der Waals surface area contributed by atoms with Gasteiger partial charge in [-0.3, -0.25) is 9.59 Å². The van der Waals surface area contributed by atoms with Crippen LogP contribution in [0.25, 0.3) is 0 Å². The van der Waals surface area contributed by atoms with Crippen LogP contribution in [0, 0.1) is 0 Å². The topological polar surface area (TPSA) is 58.2 Å². The van der Waals surface area contributed by atoms with Crippen LogP contribution in [0.4, 0.5) is 0 Å². The highest BCUT2D eigenvalue weighted by atomic mass is 79.9. The molecule has 0 radical (unpaired) electrons. The Morgan fingerprint density at radius 2 is 1.95 bits per heavy atom. The molecule has 0 spiro atoms. The average molecular weight is 341 g/mol.